The topological polar surface area (TPSA) is 82.5 Å². The van der Waals surface area contributed by atoms with Gasteiger partial charge in [-0.05, 0) is 55.8 Å². The fraction of sp³-hybridized carbons (Fsp3) is 0.227. The second-order valence-electron chi connectivity index (χ2n) is 6.63. The highest BCUT2D eigenvalue weighted by Crippen LogP contribution is 2.25. The molecule has 7 nitrogen and oxygen atoms in total. The van der Waals surface area contributed by atoms with E-state index in [4.69, 9.17) is 9.47 Å². The third-order valence-corrected chi connectivity index (χ3v) is 4.42. The Morgan fingerprint density at radius 1 is 1.03 bits per heavy atom. The van der Waals surface area contributed by atoms with Crippen LogP contribution in [0.2, 0.25) is 0 Å². The summed E-state index contributed by atoms with van der Waals surface area (Å²) in [6, 6.07) is 14.1. The summed E-state index contributed by atoms with van der Waals surface area (Å²) in [6.07, 6.45) is 0. The van der Waals surface area contributed by atoms with E-state index in [0.717, 1.165) is 5.56 Å². The molecule has 0 saturated heterocycles. The van der Waals surface area contributed by atoms with Gasteiger partial charge < -0.3 is 14.8 Å². The van der Waals surface area contributed by atoms with E-state index >= 15 is 0 Å². The average molecular weight is 393 g/mol. The number of ether oxygens (including phenoxy) is 2. The summed E-state index contributed by atoms with van der Waals surface area (Å²) in [5, 5.41) is 2.82. The first kappa shape index (κ1) is 20.1. The van der Waals surface area contributed by atoms with Crippen molar-refractivity contribution in [2.75, 3.05) is 19.5 Å². The highest BCUT2D eigenvalue weighted by atomic mass is 16.5. The van der Waals surface area contributed by atoms with Gasteiger partial charge in [-0.3, -0.25) is 14.2 Å². The van der Waals surface area contributed by atoms with E-state index in [-0.39, 0.29) is 18.0 Å². The van der Waals surface area contributed by atoms with Gasteiger partial charge in [-0.1, -0.05) is 6.07 Å². The number of rotatable bonds is 6. The van der Waals surface area contributed by atoms with Crippen molar-refractivity contribution >= 4 is 11.6 Å². The van der Waals surface area contributed by atoms with E-state index in [0.29, 0.717) is 34.3 Å². The van der Waals surface area contributed by atoms with Crippen LogP contribution in [0.5, 0.6) is 11.5 Å². The van der Waals surface area contributed by atoms with Crippen molar-refractivity contribution in [2.24, 2.45) is 0 Å². The molecule has 0 aliphatic carbocycles. The zero-order chi connectivity index (χ0) is 21.0. The summed E-state index contributed by atoms with van der Waals surface area (Å²) in [5.74, 6) is 1.31. The predicted octanol–water partition coefficient (Wildman–Crippen LogP) is 3.18. The summed E-state index contributed by atoms with van der Waals surface area (Å²) in [4.78, 5) is 29.8. The molecule has 3 rings (SSSR count). The highest BCUT2D eigenvalue weighted by Gasteiger charge is 2.15. The monoisotopic (exact) mass is 393 g/mol. The lowest BCUT2D eigenvalue weighted by Gasteiger charge is -2.15. The van der Waals surface area contributed by atoms with Gasteiger partial charge in [0, 0.05) is 17.3 Å². The van der Waals surface area contributed by atoms with E-state index in [1.165, 1.54) is 17.7 Å². The van der Waals surface area contributed by atoms with Crippen LogP contribution in [0.25, 0.3) is 11.4 Å². The molecule has 0 aliphatic rings. The molecule has 0 spiro atoms. The molecule has 0 unspecified atom stereocenters. The third kappa shape index (κ3) is 4.63. The first-order chi connectivity index (χ1) is 13.9. The molecule has 0 atom stereocenters. The number of carbonyl (C=O) groups is 1. The fourth-order valence-corrected chi connectivity index (χ4v) is 2.99. The Kier molecular flexibility index (Phi) is 5.97. The largest absolute Gasteiger partial charge is 0.497 e. The average Bonchev–Trinajstić information content (AvgIpc) is 2.70. The Balaban J connectivity index is 1.93. The van der Waals surface area contributed by atoms with Gasteiger partial charge in [-0.2, -0.15) is 0 Å². The van der Waals surface area contributed by atoms with Crippen LogP contribution in [0.15, 0.2) is 53.3 Å². The number of methoxy groups -OCH3 is 2. The summed E-state index contributed by atoms with van der Waals surface area (Å²) < 4.78 is 11.8. The van der Waals surface area contributed by atoms with Gasteiger partial charge in [0.05, 0.1) is 19.9 Å². The molecule has 2 aromatic carbocycles. The van der Waals surface area contributed by atoms with Gasteiger partial charge in [0.2, 0.25) is 5.91 Å². The van der Waals surface area contributed by atoms with Crippen LogP contribution in [0.3, 0.4) is 0 Å². The number of aromatic nitrogens is 2. The first-order valence-electron chi connectivity index (χ1n) is 9.08. The van der Waals surface area contributed by atoms with Crippen LogP contribution in [0, 0.1) is 13.8 Å². The molecule has 0 saturated carbocycles. The molecule has 1 heterocycles. The molecule has 0 aliphatic heterocycles. The van der Waals surface area contributed by atoms with Gasteiger partial charge in [-0.15, -0.1) is 0 Å². The Hall–Kier alpha value is -3.61. The van der Waals surface area contributed by atoms with E-state index in [9.17, 15) is 9.59 Å². The zero-order valence-electron chi connectivity index (χ0n) is 16.9. The van der Waals surface area contributed by atoms with Crippen molar-refractivity contribution in [3.05, 3.63) is 70.1 Å². The van der Waals surface area contributed by atoms with Crippen molar-refractivity contribution in [1.29, 1.82) is 0 Å². The molecule has 150 valence electrons. The van der Waals surface area contributed by atoms with Gasteiger partial charge >= 0.3 is 0 Å². The lowest BCUT2D eigenvalue weighted by atomic mass is 10.2. The Morgan fingerprint density at radius 3 is 2.41 bits per heavy atom. The third-order valence-electron chi connectivity index (χ3n) is 4.42. The summed E-state index contributed by atoms with van der Waals surface area (Å²) >= 11 is 0. The summed E-state index contributed by atoms with van der Waals surface area (Å²) in [6.45, 7) is 3.49. The van der Waals surface area contributed by atoms with E-state index in [2.05, 4.69) is 10.3 Å². The van der Waals surface area contributed by atoms with Gasteiger partial charge in [0.1, 0.15) is 23.9 Å². The van der Waals surface area contributed by atoms with E-state index in [1.54, 1.807) is 44.4 Å². The molecule has 1 amide bonds. The van der Waals surface area contributed by atoms with Gasteiger partial charge in [-0.25, -0.2) is 4.98 Å². The van der Waals surface area contributed by atoms with Crippen LogP contribution in [0.4, 0.5) is 5.69 Å². The van der Waals surface area contributed by atoms with Crippen molar-refractivity contribution in [1.82, 2.24) is 9.55 Å². The molecule has 0 radical (unpaired) electrons. The number of nitrogens with zero attached hydrogens (tertiary/aromatic N) is 2. The quantitative estimate of drug-likeness (QED) is 0.696. The minimum Gasteiger partial charge on any atom is -0.497 e. The standard InChI is InChI=1S/C22H23N3O4/c1-14-5-10-19(29-4)18(11-14)24-20(26)13-25-21(27)12-15(2)23-22(25)16-6-8-17(28-3)9-7-16/h5-12H,13H2,1-4H3,(H,24,26). The minimum atomic E-state index is -0.351. The van der Waals surface area contributed by atoms with Crippen LogP contribution < -0.4 is 20.3 Å². The van der Waals surface area contributed by atoms with Crippen LogP contribution in [0.1, 0.15) is 11.3 Å². The normalized spacial score (nSPS) is 10.5. The van der Waals surface area contributed by atoms with Crippen molar-refractivity contribution in [3.63, 3.8) is 0 Å². The SMILES string of the molecule is COc1ccc(-c2nc(C)cc(=O)n2CC(=O)Nc2cc(C)ccc2OC)cc1. The predicted molar refractivity (Wildman–Crippen MR) is 112 cm³/mol. The molecule has 29 heavy (non-hydrogen) atoms. The number of nitrogens with one attached hydrogen (secondary N) is 1. The second-order valence-corrected chi connectivity index (χ2v) is 6.63. The molecule has 1 N–H and O–H groups in total. The maximum absolute atomic E-state index is 12.7. The molecule has 0 fully saturated rings. The number of aryl methyl sites for hydroxylation is 2. The van der Waals surface area contributed by atoms with E-state index in [1.807, 2.05) is 19.1 Å². The number of carbonyl (C=O) groups excluding carboxylic acids is 1. The molecule has 0 bridgehead atoms. The van der Waals surface area contributed by atoms with Crippen LogP contribution in [-0.4, -0.2) is 29.7 Å². The number of amides is 1. The first-order valence-corrected chi connectivity index (χ1v) is 9.08. The lowest BCUT2D eigenvalue weighted by Crippen LogP contribution is -2.29. The zero-order valence-corrected chi connectivity index (χ0v) is 16.9. The molecule has 7 heteroatoms. The number of hydrogen-bond acceptors (Lipinski definition) is 5. The molecular weight excluding hydrogens is 370 g/mol. The Bertz CT molecular complexity index is 1090. The lowest BCUT2D eigenvalue weighted by molar-refractivity contribution is -0.116. The van der Waals surface area contributed by atoms with Gasteiger partial charge in [0.15, 0.2) is 0 Å². The van der Waals surface area contributed by atoms with Crippen molar-refractivity contribution in [2.45, 2.75) is 20.4 Å². The number of benzene rings is 2. The fourth-order valence-electron chi connectivity index (χ4n) is 2.99. The van der Waals surface area contributed by atoms with E-state index < -0.39 is 0 Å². The van der Waals surface area contributed by atoms with Crippen molar-refractivity contribution in [3.8, 4) is 22.9 Å². The second kappa shape index (κ2) is 8.60. The smallest absolute Gasteiger partial charge is 0.254 e. The maximum atomic E-state index is 12.7. The van der Waals surface area contributed by atoms with Crippen LogP contribution >= 0.6 is 0 Å². The Labute approximate surface area is 168 Å². The summed E-state index contributed by atoms with van der Waals surface area (Å²) in [7, 11) is 3.12. The summed E-state index contributed by atoms with van der Waals surface area (Å²) in [5.41, 5.74) is 2.53. The number of hydrogen-bond donors (Lipinski definition) is 1. The minimum absolute atomic E-state index is 0.176. The molecule has 3 aromatic rings. The molecule has 1 aromatic heterocycles. The number of anilines is 1. The van der Waals surface area contributed by atoms with Crippen LogP contribution in [-0.2, 0) is 11.3 Å². The van der Waals surface area contributed by atoms with Gasteiger partial charge in [0.25, 0.3) is 5.56 Å². The van der Waals surface area contributed by atoms with Crippen molar-refractivity contribution < 1.29 is 14.3 Å². The molecular formula is C22H23N3O4. The Morgan fingerprint density at radius 2 is 1.76 bits per heavy atom. The maximum Gasteiger partial charge on any atom is 0.254 e. The highest BCUT2D eigenvalue weighted by molar-refractivity contribution is 5.92.